The van der Waals surface area contributed by atoms with Gasteiger partial charge < -0.3 is 9.80 Å². The van der Waals surface area contributed by atoms with E-state index in [1.165, 1.54) is 10.1 Å². The summed E-state index contributed by atoms with van der Waals surface area (Å²) in [5.74, 6) is 1.13. The summed E-state index contributed by atoms with van der Waals surface area (Å²) in [6, 6.07) is 4.25. The summed E-state index contributed by atoms with van der Waals surface area (Å²) in [4.78, 5) is 23.9. The molecule has 4 heterocycles. The minimum Gasteiger partial charge on any atom is -0.353 e. The molecule has 1 amide bonds. The number of piperazine rings is 1. The summed E-state index contributed by atoms with van der Waals surface area (Å²) in [5, 5.41) is 3.31. The topological polar surface area (TPSA) is 56.8 Å². The van der Waals surface area contributed by atoms with E-state index in [4.69, 9.17) is 0 Å². The first-order valence-corrected chi connectivity index (χ1v) is 13.2. The molecule has 1 spiro atoms. The van der Waals surface area contributed by atoms with Gasteiger partial charge in [-0.05, 0) is 55.1 Å². The third-order valence-corrected chi connectivity index (χ3v) is 9.80. The summed E-state index contributed by atoms with van der Waals surface area (Å²) in [5.41, 5.74) is 0. The molecular weight excluding hydrogens is 416 g/mol. The number of carbonyl (C=O) groups excluding carboxylic acids is 1. The van der Waals surface area contributed by atoms with Gasteiger partial charge in [0.05, 0.1) is 9.45 Å². The van der Waals surface area contributed by atoms with Crippen LogP contribution in [-0.2, 0) is 10.8 Å². The van der Waals surface area contributed by atoms with E-state index >= 15 is 0 Å². The highest BCUT2D eigenvalue weighted by Gasteiger charge is 2.51. The summed E-state index contributed by atoms with van der Waals surface area (Å²) < 4.78 is 13.6. The van der Waals surface area contributed by atoms with Gasteiger partial charge in [0.15, 0.2) is 0 Å². The Morgan fingerprint density at radius 2 is 1.83 bits per heavy atom. The normalized spacial score (nSPS) is 24.5. The van der Waals surface area contributed by atoms with Crippen LogP contribution in [0.2, 0.25) is 0 Å². The highest BCUT2D eigenvalue weighted by atomic mass is 32.2. The van der Waals surface area contributed by atoms with Gasteiger partial charge in [-0.15, -0.1) is 11.3 Å². The number of rotatable bonds is 6. The van der Waals surface area contributed by atoms with Crippen molar-refractivity contribution in [2.75, 3.05) is 50.7 Å². The van der Waals surface area contributed by atoms with Gasteiger partial charge >= 0.3 is 5.24 Å². The number of amides is 1. The average Bonchev–Trinajstić information content (AvgIpc) is 3.49. The standard InChI is InChI=1S/C22H30N4O2S2/c27-21-26(17-22(30(21)28)7-1-2-8-22)11-4-3-10-24-12-14-25(15-13-24)20-19-18(5-9-23-20)6-16-29-19/h5-6,9,16H,1-4,7-8,10-15,17H2. The lowest BCUT2D eigenvalue weighted by Crippen LogP contribution is -2.47. The van der Waals surface area contributed by atoms with Gasteiger partial charge in [-0.3, -0.25) is 9.69 Å². The Labute approximate surface area is 184 Å². The molecule has 8 heteroatoms. The second kappa shape index (κ2) is 8.55. The summed E-state index contributed by atoms with van der Waals surface area (Å²) in [6.45, 7) is 6.68. The zero-order valence-corrected chi connectivity index (χ0v) is 19.1. The molecule has 1 aliphatic carbocycles. The van der Waals surface area contributed by atoms with E-state index in [1.807, 2.05) is 11.1 Å². The van der Waals surface area contributed by atoms with Crippen LogP contribution >= 0.6 is 11.3 Å². The fourth-order valence-electron chi connectivity index (χ4n) is 5.23. The summed E-state index contributed by atoms with van der Waals surface area (Å²) >= 11 is 1.77. The fraction of sp³-hybridized carbons (Fsp3) is 0.636. The molecule has 1 unspecified atom stereocenters. The molecule has 2 aromatic rings. The predicted octanol–water partition coefficient (Wildman–Crippen LogP) is 3.70. The van der Waals surface area contributed by atoms with Crippen molar-refractivity contribution in [2.45, 2.75) is 43.3 Å². The number of pyridine rings is 1. The van der Waals surface area contributed by atoms with Crippen LogP contribution in [0.15, 0.2) is 23.7 Å². The lowest BCUT2D eigenvalue weighted by Gasteiger charge is -2.35. The quantitative estimate of drug-likeness (QED) is 0.634. The molecule has 2 aromatic heterocycles. The van der Waals surface area contributed by atoms with Crippen molar-refractivity contribution >= 4 is 43.3 Å². The van der Waals surface area contributed by atoms with Gasteiger partial charge in [0.2, 0.25) is 0 Å². The van der Waals surface area contributed by atoms with Gasteiger partial charge in [0.1, 0.15) is 16.6 Å². The second-order valence-corrected chi connectivity index (χ2v) is 11.5. The Morgan fingerprint density at radius 1 is 1.07 bits per heavy atom. The van der Waals surface area contributed by atoms with Crippen LogP contribution in [0.4, 0.5) is 10.6 Å². The first kappa shape index (κ1) is 20.4. The molecule has 1 atom stereocenters. The van der Waals surface area contributed by atoms with Crippen LogP contribution in [0.25, 0.3) is 10.1 Å². The number of aromatic nitrogens is 1. The second-order valence-electron chi connectivity index (χ2n) is 8.86. The van der Waals surface area contributed by atoms with Crippen LogP contribution in [-0.4, -0.2) is 74.8 Å². The van der Waals surface area contributed by atoms with Gasteiger partial charge in [0, 0.05) is 45.5 Å². The van der Waals surface area contributed by atoms with Crippen LogP contribution in [0, 0.1) is 0 Å². The van der Waals surface area contributed by atoms with Gasteiger partial charge in [-0.1, -0.05) is 12.8 Å². The van der Waals surface area contributed by atoms with Gasteiger partial charge in [0.25, 0.3) is 0 Å². The van der Waals surface area contributed by atoms with E-state index in [-0.39, 0.29) is 9.99 Å². The number of nitrogens with zero attached hydrogens (tertiary/aromatic N) is 4. The zero-order valence-electron chi connectivity index (χ0n) is 17.4. The zero-order chi connectivity index (χ0) is 20.6. The Hall–Kier alpha value is -1.51. The number of anilines is 1. The maximum Gasteiger partial charge on any atom is 0.312 e. The van der Waals surface area contributed by atoms with E-state index in [1.54, 1.807) is 11.3 Å². The highest BCUT2D eigenvalue weighted by molar-refractivity contribution is 8.01. The molecule has 5 rings (SSSR count). The van der Waals surface area contributed by atoms with Crippen molar-refractivity contribution in [1.82, 2.24) is 14.8 Å². The Morgan fingerprint density at radius 3 is 2.63 bits per heavy atom. The monoisotopic (exact) mass is 446 g/mol. The third kappa shape index (κ3) is 3.78. The predicted molar refractivity (Wildman–Crippen MR) is 124 cm³/mol. The smallest absolute Gasteiger partial charge is 0.312 e. The number of carbonyl (C=O) groups is 1. The van der Waals surface area contributed by atoms with E-state index < -0.39 is 10.8 Å². The molecule has 3 fully saturated rings. The number of hydrogen-bond acceptors (Lipinski definition) is 6. The Balaban J connectivity index is 1.06. The van der Waals surface area contributed by atoms with E-state index in [0.717, 1.165) is 90.2 Å². The number of unbranched alkanes of at least 4 members (excludes halogenated alkanes) is 1. The molecule has 3 aliphatic rings. The molecule has 162 valence electrons. The first-order valence-electron chi connectivity index (χ1n) is 11.2. The maximum absolute atomic E-state index is 12.5. The van der Waals surface area contributed by atoms with Crippen molar-refractivity contribution in [2.24, 2.45) is 0 Å². The molecule has 30 heavy (non-hydrogen) atoms. The maximum atomic E-state index is 12.5. The van der Waals surface area contributed by atoms with Crippen LogP contribution in [0.5, 0.6) is 0 Å². The molecule has 0 N–H and O–H groups in total. The lowest BCUT2D eigenvalue weighted by molar-refractivity contribution is 0.217. The molecule has 1 saturated carbocycles. The van der Waals surface area contributed by atoms with Gasteiger partial charge in [-0.25, -0.2) is 9.19 Å². The molecule has 0 bridgehead atoms. The van der Waals surface area contributed by atoms with Crippen molar-refractivity contribution in [1.29, 1.82) is 0 Å². The molecule has 0 radical (unpaired) electrons. The average molecular weight is 447 g/mol. The van der Waals surface area contributed by atoms with Crippen LogP contribution in [0.1, 0.15) is 38.5 Å². The number of fused-ring (bicyclic) bond motifs is 1. The summed E-state index contributed by atoms with van der Waals surface area (Å²) in [7, 11) is -1.30. The molecule has 0 aromatic carbocycles. The highest BCUT2D eigenvalue weighted by Crippen LogP contribution is 2.41. The molecule has 2 aliphatic heterocycles. The van der Waals surface area contributed by atoms with E-state index in [2.05, 4.69) is 32.3 Å². The lowest BCUT2D eigenvalue weighted by atomic mass is 10.1. The van der Waals surface area contributed by atoms with Crippen LogP contribution in [0.3, 0.4) is 0 Å². The minimum absolute atomic E-state index is 0.110. The summed E-state index contributed by atoms with van der Waals surface area (Å²) in [6.07, 6.45) is 8.15. The van der Waals surface area contributed by atoms with Crippen molar-refractivity contribution in [3.63, 3.8) is 0 Å². The van der Waals surface area contributed by atoms with Gasteiger partial charge in [-0.2, -0.15) is 0 Å². The molecular formula is C22H30N4O2S2. The Bertz CT molecular complexity index is 932. The van der Waals surface area contributed by atoms with Crippen molar-refractivity contribution in [3.8, 4) is 0 Å². The minimum atomic E-state index is -1.30. The molecule has 6 nitrogen and oxygen atoms in total. The van der Waals surface area contributed by atoms with E-state index in [0.29, 0.717) is 0 Å². The first-order chi connectivity index (χ1) is 14.7. The SMILES string of the molecule is O=C1N(CCCCN2CCN(c3nccc4ccsc34)CC2)CC2(CCCC2)S1=O. The fourth-order valence-corrected chi connectivity index (χ4v) is 7.84. The number of hydrogen-bond donors (Lipinski definition) is 0. The Kier molecular flexibility index (Phi) is 5.82. The molecule has 2 saturated heterocycles. The third-order valence-electron chi connectivity index (χ3n) is 6.98. The largest absolute Gasteiger partial charge is 0.353 e. The number of thiophene rings is 1. The van der Waals surface area contributed by atoms with Crippen molar-refractivity contribution in [3.05, 3.63) is 23.7 Å². The van der Waals surface area contributed by atoms with Crippen molar-refractivity contribution < 1.29 is 9.00 Å². The van der Waals surface area contributed by atoms with E-state index in [9.17, 15) is 9.00 Å². The van der Waals surface area contributed by atoms with Crippen LogP contribution < -0.4 is 4.90 Å².